The van der Waals surface area contributed by atoms with Crippen molar-refractivity contribution in [3.8, 4) is 0 Å². The summed E-state index contributed by atoms with van der Waals surface area (Å²) >= 11 is 0. The first-order valence-corrected chi connectivity index (χ1v) is 5.53. The van der Waals surface area contributed by atoms with E-state index < -0.39 is 0 Å². The molecule has 72 valence electrons. The standard InChI is InChI=1S/C11H23N/c1-4-9(3)11(12-5-2)10-7-6-8-10/h9-12H,4-8H2,1-3H3. The lowest BCUT2D eigenvalue weighted by molar-refractivity contribution is 0.180. The zero-order valence-electron chi connectivity index (χ0n) is 8.77. The molecule has 0 amide bonds. The Morgan fingerprint density at radius 2 is 2.00 bits per heavy atom. The summed E-state index contributed by atoms with van der Waals surface area (Å²) in [5, 5.41) is 3.64. The van der Waals surface area contributed by atoms with Gasteiger partial charge in [0.15, 0.2) is 0 Å². The smallest absolute Gasteiger partial charge is 0.0121 e. The Bertz CT molecular complexity index is 113. The van der Waals surface area contributed by atoms with Crippen LogP contribution in [0.15, 0.2) is 0 Å². The van der Waals surface area contributed by atoms with Gasteiger partial charge in [-0.25, -0.2) is 0 Å². The van der Waals surface area contributed by atoms with E-state index in [-0.39, 0.29) is 0 Å². The van der Waals surface area contributed by atoms with Gasteiger partial charge >= 0.3 is 0 Å². The Morgan fingerprint density at radius 1 is 1.33 bits per heavy atom. The van der Waals surface area contributed by atoms with Crippen molar-refractivity contribution in [2.45, 2.75) is 52.5 Å². The number of nitrogens with one attached hydrogen (secondary N) is 1. The molecule has 1 rings (SSSR count). The Balaban J connectivity index is 2.35. The van der Waals surface area contributed by atoms with Crippen LogP contribution in [0.1, 0.15) is 46.5 Å². The van der Waals surface area contributed by atoms with Crippen molar-refractivity contribution in [2.75, 3.05) is 6.54 Å². The molecule has 0 radical (unpaired) electrons. The van der Waals surface area contributed by atoms with Crippen molar-refractivity contribution in [1.82, 2.24) is 5.32 Å². The second kappa shape index (κ2) is 4.86. The molecule has 1 aliphatic carbocycles. The van der Waals surface area contributed by atoms with Gasteiger partial charge in [-0.05, 0) is 31.2 Å². The molecule has 0 bridgehead atoms. The van der Waals surface area contributed by atoms with Gasteiger partial charge in [0.05, 0.1) is 0 Å². The highest BCUT2D eigenvalue weighted by atomic mass is 14.9. The van der Waals surface area contributed by atoms with Gasteiger partial charge in [-0.3, -0.25) is 0 Å². The third-order valence-electron chi connectivity index (χ3n) is 3.35. The minimum Gasteiger partial charge on any atom is -0.314 e. The van der Waals surface area contributed by atoms with Crippen LogP contribution in [0.2, 0.25) is 0 Å². The largest absolute Gasteiger partial charge is 0.314 e. The first-order valence-electron chi connectivity index (χ1n) is 5.53. The van der Waals surface area contributed by atoms with E-state index in [1.54, 1.807) is 0 Å². The lowest BCUT2D eigenvalue weighted by atomic mass is 9.75. The highest BCUT2D eigenvalue weighted by Gasteiger charge is 2.29. The fourth-order valence-electron chi connectivity index (χ4n) is 2.12. The van der Waals surface area contributed by atoms with Gasteiger partial charge in [0.25, 0.3) is 0 Å². The zero-order chi connectivity index (χ0) is 8.97. The van der Waals surface area contributed by atoms with Crippen molar-refractivity contribution in [2.24, 2.45) is 11.8 Å². The van der Waals surface area contributed by atoms with E-state index in [2.05, 4.69) is 26.1 Å². The molecule has 0 heterocycles. The van der Waals surface area contributed by atoms with Crippen molar-refractivity contribution in [1.29, 1.82) is 0 Å². The van der Waals surface area contributed by atoms with Crippen LogP contribution in [0.5, 0.6) is 0 Å². The van der Waals surface area contributed by atoms with Crippen molar-refractivity contribution >= 4 is 0 Å². The predicted octanol–water partition coefficient (Wildman–Crippen LogP) is 2.81. The van der Waals surface area contributed by atoms with Gasteiger partial charge < -0.3 is 5.32 Å². The van der Waals surface area contributed by atoms with E-state index >= 15 is 0 Å². The minimum absolute atomic E-state index is 0.800. The Hall–Kier alpha value is -0.0400. The maximum absolute atomic E-state index is 3.64. The van der Waals surface area contributed by atoms with Crippen LogP contribution in [0, 0.1) is 11.8 Å². The fourth-order valence-corrected chi connectivity index (χ4v) is 2.12. The van der Waals surface area contributed by atoms with Gasteiger partial charge in [-0.2, -0.15) is 0 Å². The molecule has 1 aliphatic rings. The molecule has 0 saturated heterocycles. The summed E-state index contributed by atoms with van der Waals surface area (Å²) in [6.07, 6.45) is 5.70. The summed E-state index contributed by atoms with van der Waals surface area (Å²) in [7, 11) is 0. The van der Waals surface area contributed by atoms with Gasteiger partial charge in [0.1, 0.15) is 0 Å². The first-order chi connectivity index (χ1) is 5.79. The van der Waals surface area contributed by atoms with Crippen LogP contribution in [-0.4, -0.2) is 12.6 Å². The highest BCUT2D eigenvalue weighted by Crippen LogP contribution is 2.33. The first kappa shape index (κ1) is 10.0. The van der Waals surface area contributed by atoms with E-state index in [4.69, 9.17) is 0 Å². The maximum Gasteiger partial charge on any atom is 0.0121 e. The molecule has 1 saturated carbocycles. The average molecular weight is 169 g/mol. The normalized spacial score (nSPS) is 23.2. The molecule has 0 spiro atoms. The van der Waals surface area contributed by atoms with E-state index in [0.717, 1.165) is 24.4 Å². The van der Waals surface area contributed by atoms with E-state index in [0.29, 0.717) is 0 Å². The van der Waals surface area contributed by atoms with Crippen molar-refractivity contribution in [3.05, 3.63) is 0 Å². The Labute approximate surface area is 76.9 Å². The van der Waals surface area contributed by atoms with Gasteiger partial charge in [-0.1, -0.05) is 33.6 Å². The van der Waals surface area contributed by atoms with Crippen molar-refractivity contribution in [3.63, 3.8) is 0 Å². The molecule has 1 fully saturated rings. The summed E-state index contributed by atoms with van der Waals surface area (Å²) in [5.74, 6) is 1.84. The van der Waals surface area contributed by atoms with Crippen LogP contribution in [-0.2, 0) is 0 Å². The van der Waals surface area contributed by atoms with Crippen LogP contribution >= 0.6 is 0 Å². The third kappa shape index (κ3) is 2.22. The summed E-state index contributed by atoms with van der Waals surface area (Å²) in [4.78, 5) is 0. The Morgan fingerprint density at radius 3 is 2.33 bits per heavy atom. The summed E-state index contributed by atoms with van der Waals surface area (Å²) in [5.41, 5.74) is 0. The van der Waals surface area contributed by atoms with Gasteiger partial charge in [0, 0.05) is 6.04 Å². The molecular formula is C11H23N. The predicted molar refractivity (Wildman–Crippen MR) is 54.3 cm³/mol. The van der Waals surface area contributed by atoms with Crippen LogP contribution in [0.25, 0.3) is 0 Å². The minimum atomic E-state index is 0.800. The topological polar surface area (TPSA) is 12.0 Å². The molecule has 1 nitrogen and oxygen atoms in total. The molecule has 2 unspecified atom stereocenters. The number of hydrogen-bond donors (Lipinski definition) is 1. The summed E-state index contributed by atoms with van der Waals surface area (Å²) in [6.45, 7) is 8.03. The third-order valence-corrected chi connectivity index (χ3v) is 3.35. The average Bonchev–Trinajstić information content (AvgIpc) is 1.99. The lowest BCUT2D eigenvalue weighted by Gasteiger charge is -2.37. The molecule has 0 aromatic rings. The number of rotatable bonds is 5. The van der Waals surface area contributed by atoms with E-state index in [1.165, 1.54) is 25.7 Å². The molecular weight excluding hydrogens is 146 g/mol. The quantitative estimate of drug-likeness (QED) is 0.667. The van der Waals surface area contributed by atoms with Gasteiger partial charge in [0.2, 0.25) is 0 Å². The highest BCUT2D eigenvalue weighted by molar-refractivity contribution is 4.85. The Kier molecular flexibility index (Phi) is 4.07. The molecule has 0 aromatic heterocycles. The molecule has 1 heteroatoms. The molecule has 12 heavy (non-hydrogen) atoms. The molecule has 1 N–H and O–H groups in total. The number of hydrogen-bond acceptors (Lipinski definition) is 1. The van der Waals surface area contributed by atoms with Gasteiger partial charge in [-0.15, -0.1) is 0 Å². The molecule has 2 atom stereocenters. The van der Waals surface area contributed by atoms with Crippen LogP contribution in [0.3, 0.4) is 0 Å². The van der Waals surface area contributed by atoms with E-state index in [1.807, 2.05) is 0 Å². The fraction of sp³-hybridized carbons (Fsp3) is 1.00. The van der Waals surface area contributed by atoms with Crippen molar-refractivity contribution < 1.29 is 0 Å². The maximum atomic E-state index is 3.64. The summed E-state index contributed by atoms with van der Waals surface area (Å²) < 4.78 is 0. The second-order valence-electron chi connectivity index (χ2n) is 4.16. The second-order valence-corrected chi connectivity index (χ2v) is 4.16. The molecule has 0 aliphatic heterocycles. The molecule has 0 aromatic carbocycles. The van der Waals surface area contributed by atoms with Crippen LogP contribution < -0.4 is 5.32 Å². The van der Waals surface area contributed by atoms with Crippen LogP contribution in [0.4, 0.5) is 0 Å². The lowest BCUT2D eigenvalue weighted by Crippen LogP contribution is -2.43. The van der Waals surface area contributed by atoms with E-state index in [9.17, 15) is 0 Å². The summed E-state index contributed by atoms with van der Waals surface area (Å²) in [6, 6.07) is 0.800. The monoisotopic (exact) mass is 169 g/mol. The zero-order valence-corrected chi connectivity index (χ0v) is 8.77. The SMILES string of the molecule is CCNC(C(C)CC)C1CCC1.